The molecule has 2 rings (SSSR count). The van der Waals surface area contributed by atoms with Crippen molar-refractivity contribution in [3.63, 3.8) is 0 Å². The van der Waals surface area contributed by atoms with E-state index < -0.39 is 0 Å². The fourth-order valence-corrected chi connectivity index (χ4v) is 2.21. The Morgan fingerprint density at radius 1 is 1.33 bits per heavy atom. The lowest BCUT2D eigenvalue weighted by Gasteiger charge is -2.22. The Morgan fingerprint density at radius 2 is 2.10 bits per heavy atom. The second-order valence-electron chi connectivity index (χ2n) is 4.88. The van der Waals surface area contributed by atoms with Gasteiger partial charge in [0.2, 0.25) is 0 Å². The molecule has 1 aromatic carbocycles. The Labute approximate surface area is 124 Å². The summed E-state index contributed by atoms with van der Waals surface area (Å²) in [7, 11) is 1.95. The van der Waals surface area contributed by atoms with Crippen LogP contribution in [0.3, 0.4) is 0 Å². The first kappa shape index (κ1) is 14.8. The van der Waals surface area contributed by atoms with E-state index in [1.165, 1.54) is 0 Å². The molecule has 0 aliphatic carbocycles. The highest BCUT2D eigenvalue weighted by Crippen LogP contribution is 2.23. The lowest BCUT2D eigenvalue weighted by atomic mass is 10.1. The Bertz CT molecular complexity index is 689. The molecule has 6 nitrogen and oxygen atoms in total. The van der Waals surface area contributed by atoms with Crippen LogP contribution in [0.15, 0.2) is 24.3 Å². The van der Waals surface area contributed by atoms with Gasteiger partial charge in [0.1, 0.15) is 17.5 Å². The molecule has 0 saturated heterocycles. The van der Waals surface area contributed by atoms with E-state index in [0.717, 1.165) is 16.9 Å². The van der Waals surface area contributed by atoms with Crippen molar-refractivity contribution in [2.24, 2.45) is 5.84 Å². The van der Waals surface area contributed by atoms with Crippen LogP contribution in [-0.2, 0) is 6.54 Å². The van der Waals surface area contributed by atoms with Crippen molar-refractivity contribution in [3.8, 4) is 6.07 Å². The minimum absolute atomic E-state index is 0.620. The average Bonchev–Trinajstić information content (AvgIpc) is 2.49. The summed E-state index contributed by atoms with van der Waals surface area (Å²) in [4.78, 5) is 10.7. The van der Waals surface area contributed by atoms with E-state index in [1.807, 2.05) is 44.0 Å². The number of hydrogen-bond acceptors (Lipinski definition) is 6. The van der Waals surface area contributed by atoms with E-state index in [2.05, 4.69) is 21.5 Å². The summed E-state index contributed by atoms with van der Waals surface area (Å²) in [6.07, 6.45) is 0. The van der Waals surface area contributed by atoms with Gasteiger partial charge in [0.05, 0.1) is 11.6 Å². The molecule has 3 N–H and O–H groups in total. The maximum atomic E-state index is 8.96. The van der Waals surface area contributed by atoms with E-state index in [9.17, 15) is 0 Å². The summed E-state index contributed by atoms with van der Waals surface area (Å²) in [6.45, 7) is 4.40. The number of nitrogens with two attached hydrogens (primary N) is 1. The third-order valence-corrected chi connectivity index (χ3v) is 3.21. The number of aromatic nitrogens is 2. The number of nitrogens with zero attached hydrogens (tertiary/aromatic N) is 4. The van der Waals surface area contributed by atoms with Gasteiger partial charge < -0.3 is 10.3 Å². The molecule has 0 fully saturated rings. The van der Waals surface area contributed by atoms with Gasteiger partial charge in [-0.2, -0.15) is 5.26 Å². The predicted octanol–water partition coefficient (Wildman–Crippen LogP) is 1.89. The van der Waals surface area contributed by atoms with Crippen LogP contribution in [0.4, 0.5) is 11.6 Å². The van der Waals surface area contributed by atoms with E-state index in [4.69, 9.17) is 11.1 Å². The maximum Gasteiger partial charge on any atom is 0.148 e. The molecule has 0 radical (unpaired) electrons. The molecule has 108 valence electrons. The molecule has 1 aromatic heterocycles. The van der Waals surface area contributed by atoms with E-state index >= 15 is 0 Å². The van der Waals surface area contributed by atoms with Crippen molar-refractivity contribution in [2.45, 2.75) is 20.4 Å². The van der Waals surface area contributed by atoms with Crippen LogP contribution in [0.1, 0.15) is 22.5 Å². The third-order valence-electron chi connectivity index (χ3n) is 3.21. The van der Waals surface area contributed by atoms with Crippen LogP contribution in [-0.4, -0.2) is 17.0 Å². The summed E-state index contributed by atoms with van der Waals surface area (Å²) in [6, 6.07) is 9.69. The maximum absolute atomic E-state index is 8.96. The number of hydrogen-bond donors (Lipinski definition) is 2. The van der Waals surface area contributed by atoms with Gasteiger partial charge in [-0.15, -0.1) is 0 Å². The molecule has 21 heavy (non-hydrogen) atoms. The number of benzene rings is 1. The summed E-state index contributed by atoms with van der Waals surface area (Å²) in [5.74, 6) is 7.58. The van der Waals surface area contributed by atoms with E-state index in [0.29, 0.717) is 23.8 Å². The zero-order valence-electron chi connectivity index (χ0n) is 12.4. The number of rotatable bonds is 4. The van der Waals surface area contributed by atoms with Gasteiger partial charge in [0, 0.05) is 19.2 Å². The zero-order valence-corrected chi connectivity index (χ0v) is 12.4. The smallest absolute Gasteiger partial charge is 0.148 e. The summed E-state index contributed by atoms with van der Waals surface area (Å²) in [5, 5.41) is 8.96. The number of nitrogens with one attached hydrogen (secondary N) is 1. The van der Waals surface area contributed by atoms with Gasteiger partial charge in [0.25, 0.3) is 0 Å². The highest BCUT2D eigenvalue weighted by Gasteiger charge is 2.12. The van der Waals surface area contributed by atoms with Gasteiger partial charge >= 0.3 is 0 Å². The number of nitriles is 1. The number of hydrazine groups is 1. The molecule has 0 amide bonds. The minimum Gasteiger partial charge on any atom is -0.355 e. The Balaban J connectivity index is 2.30. The predicted molar refractivity (Wildman–Crippen MR) is 82.6 cm³/mol. The molecule has 0 unspecified atom stereocenters. The minimum atomic E-state index is 0.620. The molecule has 2 aromatic rings. The second kappa shape index (κ2) is 6.20. The van der Waals surface area contributed by atoms with Crippen LogP contribution < -0.4 is 16.2 Å². The van der Waals surface area contributed by atoms with Gasteiger partial charge in [0.15, 0.2) is 0 Å². The third kappa shape index (κ3) is 3.27. The Kier molecular flexibility index (Phi) is 4.36. The summed E-state index contributed by atoms with van der Waals surface area (Å²) in [5.41, 5.74) is 5.19. The lowest BCUT2D eigenvalue weighted by molar-refractivity contribution is 0.869. The zero-order chi connectivity index (χ0) is 15.4. The number of anilines is 2. The Morgan fingerprint density at radius 3 is 2.76 bits per heavy atom. The van der Waals surface area contributed by atoms with Crippen molar-refractivity contribution in [3.05, 3.63) is 46.8 Å². The quantitative estimate of drug-likeness (QED) is 0.657. The lowest BCUT2D eigenvalue weighted by Crippen LogP contribution is -2.21. The van der Waals surface area contributed by atoms with Crippen molar-refractivity contribution in [1.82, 2.24) is 9.97 Å². The normalized spacial score (nSPS) is 10.0. The van der Waals surface area contributed by atoms with Crippen LogP contribution in [0.5, 0.6) is 0 Å². The van der Waals surface area contributed by atoms with Crippen molar-refractivity contribution >= 4 is 11.6 Å². The molecule has 0 bridgehead atoms. The molecular formula is C15H18N6. The average molecular weight is 282 g/mol. The summed E-state index contributed by atoms with van der Waals surface area (Å²) >= 11 is 0. The standard InChI is InChI=1S/C15H18N6/c1-10-14(20-17)18-11(2)19-15(10)21(3)9-13-6-4-5-12(7-13)8-16/h4-7H,9,17H2,1-3H3,(H,18,19,20). The van der Waals surface area contributed by atoms with E-state index in [-0.39, 0.29) is 0 Å². The SMILES string of the molecule is Cc1nc(NN)c(C)c(N(C)Cc2cccc(C#N)c2)n1. The highest BCUT2D eigenvalue weighted by molar-refractivity contribution is 5.58. The molecule has 0 aliphatic heterocycles. The number of aryl methyl sites for hydroxylation is 1. The largest absolute Gasteiger partial charge is 0.355 e. The fraction of sp³-hybridized carbons (Fsp3) is 0.267. The van der Waals surface area contributed by atoms with E-state index in [1.54, 1.807) is 6.07 Å². The monoisotopic (exact) mass is 282 g/mol. The highest BCUT2D eigenvalue weighted by atomic mass is 15.3. The molecule has 0 aliphatic rings. The molecular weight excluding hydrogens is 264 g/mol. The first-order valence-corrected chi connectivity index (χ1v) is 6.57. The Hall–Kier alpha value is -2.65. The van der Waals surface area contributed by atoms with Crippen LogP contribution in [0.2, 0.25) is 0 Å². The van der Waals surface area contributed by atoms with Gasteiger partial charge in [-0.1, -0.05) is 12.1 Å². The molecule has 0 saturated carbocycles. The van der Waals surface area contributed by atoms with Crippen LogP contribution in [0.25, 0.3) is 0 Å². The fourth-order valence-electron chi connectivity index (χ4n) is 2.21. The van der Waals surface area contributed by atoms with Gasteiger partial charge in [-0.25, -0.2) is 15.8 Å². The van der Waals surface area contributed by atoms with Crippen molar-refractivity contribution in [1.29, 1.82) is 5.26 Å². The van der Waals surface area contributed by atoms with Gasteiger partial charge in [-0.05, 0) is 31.5 Å². The molecule has 1 heterocycles. The second-order valence-corrected chi connectivity index (χ2v) is 4.88. The molecule has 0 atom stereocenters. The number of nitrogen functional groups attached to an aromatic ring is 1. The molecule has 0 spiro atoms. The van der Waals surface area contributed by atoms with Crippen LogP contribution >= 0.6 is 0 Å². The van der Waals surface area contributed by atoms with Crippen LogP contribution in [0, 0.1) is 25.2 Å². The van der Waals surface area contributed by atoms with Gasteiger partial charge in [-0.3, -0.25) is 0 Å². The summed E-state index contributed by atoms with van der Waals surface area (Å²) < 4.78 is 0. The van der Waals surface area contributed by atoms with Crippen molar-refractivity contribution < 1.29 is 0 Å². The molecule has 6 heteroatoms. The topological polar surface area (TPSA) is 90.9 Å². The first-order chi connectivity index (χ1) is 10.0. The first-order valence-electron chi connectivity index (χ1n) is 6.57. The van der Waals surface area contributed by atoms with Crippen molar-refractivity contribution in [2.75, 3.05) is 17.4 Å².